The number of para-hydroxylation sites is 1. The molecule has 26 heavy (non-hydrogen) atoms. The molecule has 7 heteroatoms. The van der Waals surface area contributed by atoms with Gasteiger partial charge in [0.25, 0.3) is 0 Å². The summed E-state index contributed by atoms with van der Waals surface area (Å²) in [7, 11) is 1.65. The third-order valence-corrected chi connectivity index (χ3v) is 5.04. The molecule has 0 aliphatic heterocycles. The van der Waals surface area contributed by atoms with E-state index >= 15 is 0 Å². The van der Waals surface area contributed by atoms with E-state index < -0.39 is 0 Å². The molecule has 130 valence electrons. The highest BCUT2D eigenvalue weighted by Crippen LogP contribution is 2.31. The second-order valence-electron chi connectivity index (χ2n) is 5.75. The molecule has 4 rings (SSSR count). The van der Waals surface area contributed by atoms with Gasteiger partial charge in [-0.15, -0.1) is 16.4 Å². The number of hydrogen-bond acceptors (Lipinski definition) is 7. The van der Waals surface area contributed by atoms with Crippen LogP contribution in [0.5, 0.6) is 5.75 Å². The van der Waals surface area contributed by atoms with E-state index in [0.29, 0.717) is 12.5 Å². The quantitative estimate of drug-likeness (QED) is 0.576. The van der Waals surface area contributed by atoms with Gasteiger partial charge in [-0.1, -0.05) is 24.3 Å². The van der Waals surface area contributed by atoms with E-state index in [-0.39, 0.29) is 0 Å². The van der Waals surface area contributed by atoms with Crippen LogP contribution in [0.3, 0.4) is 0 Å². The van der Waals surface area contributed by atoms with E-state index in [1.54, 1.807) is 24.6 Å². The number of aryl methyl sites for hydroxylation is 1. The van der Waals surface area contributed by atoms with Crippen molar-refractivity contribution in [2.75, 3.05) is 12.4 Å². The van der Waals surface area contributed by atoms with Crippen molar-refractivity contribution in [3.8, 4) is 17.0 Å². The summed E-state index contributed by atoms with van der Waals surface area (Å²) in [5.41, 5.74) is 3.73. The molecule has 0 fully saturated rings. The van der Waals surface area contributed by atoms with Crippen LogP contribution in [0.1, 0.15) is 10.6 Å². The Kier molecular flexibility index (Phi) is 4.45. The van der Waals surface area contributed by atoms with Crippen molar-refractivity contribution in [3.63, 3.8) is 0 Å². The number of hydrogen-bond donors (Lipinski definition) is 1. The molecule has 0 spiro atoms. The van der Waals surface area contributed by atoms with E-state index in [9.17, 15) is 0 Å². The molecule has 4 aromatic rings. The minimum absolute atomic E-state index is 0.465. The lowest BCUT2D eigenvalue weighted by Crippen LogP contribution is -2.05. The first kappa shape index (κ1) is 16.4. The van der Waals surface area contributed by atoms with Crippen molar-refractivity contribution in [2.45, 2.75) is 13.5 Å². The van der Waals surface area contributed by atoms with E-state index in [1.165, 1.54) is 4.70 Å². The normalized spacial score (nSPS) is 10.8. The van der Waals surface area contributed by atoms with Crippen LogP contribution in [-0.4, -0.2) is 27.3 Å². The fraction of sp³-hybridized carbons (Fsp3) is 0.158. The molecular formula is C19H17N5OS. The Bertz CT molecular complexity index is 1030. The predicted octanol–water partition coefficient (Wildman–Crippen LogP) is 4.08. The van der Waals surface area contributed by atoms with E-state index in [2.05, 4.69) is 31.5 Å². The largest absolute Gasteiger partial charge is 0.496 e. The Hall–Kier alpha value is -3.06. The Morgan fingerprint density at radius 3 is 2.81 bits per heavy atom. The zero-order valence-corrected chi connectivity index (χ0v) is 15.2. The highest BCUT2D eigenvalue weighted by Gasteiger charge is 2.12. The van der Waals surface area contributed by atoms with Crippen LogP contribution in [0, 0.1) is 6.92 Å². The third-order valence-electron chi connectivity index (χ3n) is 4.01. The molecule has 1 N–H and O–H groups in total. The number of anilines is 1. The van der Waals surface area contributed by atoms with E-state index in [4.69, 9.17) is 4.74 Å². The van der Waals surface area contributed by atoms with Crippen molar-refractivity contribution < 1.29 is 4.74 Å². The second-order valence-corrected chi connectivity index (χ2v) is 6.86. The molecule has 0 amide bonds. The molecule has 0 saturated heterocycles. The molecule has 2 aromatic carbocycles. The zero-order chi connectivity index (χ0) is 17.9. The first-order chi connectivity index (χ1) is 12.7. The predicted molar refractivity (Wildman–Crippen MR) is 103 cm³/mol. The van der Waals surface area contributed by atoms with Crippen LogP contribution in [0.4, 0.5) is 5.95 Å². The monoisotopic (exact) mass is 363 g/mol. The average Bonchev–Trinajstić information content (AvgIpc) is 3.09. The van der Waals surface area contributed by atoms with Crippen LogP contribution >= 0.6 is 11.3 Å². The van der Waals surface area contributed by atoms with E-state index in [0.717, 1.165) is 33.1 Å². The number of fused-ring (bicyclic) bond motifs is 1. The van der Waals surface area contributed by atoms with E-state index in [1.807, 2.05) is 43.3 Å². The number of rotatable bonds is 5. The maximum Gasteiger partial charge on any atom is 0.243 e. The maximum absolute atomic E-state index is 5.47. The maximum atomic E-state index is 5.47. The van der Waals surface area contributed by atoms with Gasteiger partial charge in [0.15, 0.2) is 0 Å². The first-order valence-corrected chi connectivity index (χ1v) is 8.98. The second kappa shape index (κ2) is 7.05. The minimum Gasteiger partial charge on any atom is -0.496 e. The van der Waals surface area contributed by atoms with Gasteiger partial charge in [-0.3, -0.25) is 0 Å². The summed E-state index contributed by atoms with van der Waals surface area (Å²) in [5, 5.41) is 12.4. The summed E-state index contributed by atoms with van der Waals surface area (Å²) >= 11 is 1.66. The molecule has 2 aromatic heterocycles. The SMILES string of the molecule is COc1cccc(C)c1-c1cnnc(NCc2nc3ccccc3s2)n1. The summed E-state index contributed by atoms with van der Waals surface area (Å²) in [6.07, 6.45) is 1.65. The Labute approximate surface area is 154 Å². The molecular weight excluding hydrogens is 346 g/mol. The van der Waals surface area contributed by atoms with Gasteiger partial charge in [-0.05, 0) is 30.7 Å². The van der Waals surface area contributed by atoms with Gasteiger partial charge in [0.1, 0.15) is 10.8 Å². The molecule has 0 aliphatic rings. The molecule has 0 aliphatic carbocycles. The van der Waals surface area contributed by atoms with Crippen LogP contribution in [-0.2, 0) is 6.54 Å². The number of ether oxygens (including phenoxy) is 1. The first-order valence-electron chi connectivity index (χ1n) is 8.16. The van der Waals surface area contributed by atoms with Crippen LogP contribution in [0.2, 0.25) is 0 Å². The zero-order valence-electron chi connectivity index (χ0n) is 14.4. The van der Waals surface area contributed by atoms with Gasteiger partial charge < -0.3 is 10.1 Å². The van der Waals surface area contributed by atoms with Gasteiger partial charge >= 0.3 is 0 Å². The number of nitrogens with one attached hydrogen (secondary N) is 1. The molecule has 0 atom stereocenters. The smallest absolute Gasteiger partial charge is 0.243 e. The van der Waals surface area contributed by atoms with Crippen LogP contribution in [0.15, 0.2) is 48.7 Å². The van der Waals surface area contributed by atoms with Gasteiger partial charge in [-0.25, -0.2) is 9.97 Å². The lowest BCUT2D eigenvalue weighted by molar-refractivity contribution is 0.416. The van der Waals surface area contributed by atoms with Crippen molar-refractivity contribution in [3.05, 3.63) is 59.2 Å². The summed E-state index contributed by atoms with van der Waals surface area (Å²) in [5.74, 6) is 1.23. The highest BCUT2D eigenvalue weighted by molar-refractivity contribution is 7.18. The van der Waals surface area contributed by atoms with Crippen LogP contribution in [0.25, 0.3) is 21.5 Å². The van der Waals surface area contributed by atoms with Crippen molar-refractivity contribution >= 4 is 27.5 Å². The Morgan fingerprint density at radius 1 is 1.08 bits per heavy atom. The van der Waals surface area contributed by atoms with Gasteiger partial charge in [0.05, 0.1) is 35.8 Å². The average molecular weight is 363 g/mol. The summed E-state index contributed by atoms with van der Waals surface area (Å²) in [6, 6.07) is 14.0. The molecule has 0 unspecified atom stereocenters. The molecule has 0 bridgehead atoms. The van der Waals surface area contributed by atoms with Crippen molar-refractivity contribution in [1.29, 1.82) is 0 Å². The number of nitrogens with zero attached hydrogens (tertiary/aromatic N) is 4. The summed E-state index contributed by atoms with van der Waals surface area (Å²) in [4.78, 5) is 9.20. The topological polar surface area (TPSA) is 72.8 Å². The Balaban J connectivity index is 1.58. The number of thiazole rings is 1. The van der Waals surface area contributed by atoms with Crippen LogP contribution < -0.4 is 10.1 Å². The van der Waals surface area contributed by atoms with Crippen molar-refractivity contribution in [2.24, 2.45) is 0 Å². The molecule has 0 saturated carbocycles. The number of benzene rings is 2. The molecule has 2 heterocycles. The summed E-state index contributed by atoms with van der Waals surface area (Å²) < 4.78 is 6.63. The number of methoxy groups -OCH3 is 1. The fourth-order valence-corrected chi connectivity index (χ4v) is 3.70. The number of aromatic nitrogens is 4. The summed E-state index contributed by atoms with van der Waals surface area (Å²) in [6.45, 7) is 2.57. The lowest BCUT2D eigenvalue weighted by Gasteiger charge is -2.11. The van der Waals surface area contributed by atoms with Gasteiger partial charge in [0, 0.05) is 5.56 Å². The standard InChI is InChI=1S/C19H17N5OS/c1-12-6-5-8-15(25-2)18(12)14-10-21-24-19(23-14)20-11-17-22-13-7-3-4-9-16(13)26-17/h3-10H,11H2,1-2H3,(H,20,23,24). The van der Waals surface area contributed by atoms with Gasteiger partial charge in [-0.2, -0.15) is 5.10 Å². The lowest BCUT2D eigenvalue weighted by atomic mass is 10.1. The Morgan fingerprint density at radius 2 is 1.96 bits per heavy atom. The van der Waals surface area contributed by atoms with Crippen molar-refractivity contribution in [1.82, 2.24) is 20.2 Å². The minimum atomic E-state index is 0.465. The third kappa shape index (κ3) is 3.21. The molecule has 0 radical (unpaired) electrons. The highest BCUT2D eigenvalue weighted by atomic mass is 32.1. The fourth-order valence-electron chi connectivity index (χ4n) is 2.79. The van der Waals surface area contributed by atoms with Gasteiger partial charge in [0.2, 0.25) is 5.95 Å². The molecule has 6 nitrogen and oxygen atoms in total.